The topological polar surface area (TPSA) is 0 Å². The van der Waals surface area contributed by atoms with E-state index in [1.54, 1.807) is 6.08 Å². The van der Waals surface area contributed by atoms with Crippen LogP contribution in [0.15, 0.2) is 72.4 Å². The second-order valence-corrected chi connectivity index (χ2v) is 3.70. The van der Waals surface area contributed by atoms with Crippen LogP contribution >= 0.6 is 0 Å². The molecule has 18 heavy (non-hydrogen) atoms. The zero-order chi connectivity index (χ0) is 13.8. The lowest BCUT2D eigenvalue weighted by molar-refractivity contribution is 1.16. The average molecular weight is 238 g/mol. The lowest BCUT2D eigenvalue weighted by atomic mass is 10.1. The molecule has 0 fully saturated rings. The lowest BCUT2D eigenvalue weighted by Crippen LogP contribution is -1.76. The summed E-state index contributed by atoms with van der Waals surface area (Å²) in [5, 5.41) is 0. The number of hydrogen-bond acceptors (Lipinski definition) is 0. The highest BCUT2D eigenvalue weighted by Crippen LogP contribution is 2.03. The fourth-order valence-electron chi connectivity index (χ4n) is 1.13. The molecular weight excluding hydrogens is 216 g/mol. The van der Waals surface area contributed by atoms with Gasteiger partial charge in [0.15, 0.2) is 0 Å². The standard InChI is InChI=1S/C18H22/c1-6-10-18(11-7-2)15-14-17(9-4)13-12-16(5)8-3/h6-7,9-13H,1,5,8H2,2-4H3. The fraction of sp³-hybridized carbons (Fsp3) is 0.222. The van der Waals surface area contributed by atoms with Crippen molar-refractivity contribution in [3.63, 3.8) is 0 Å². The van der Waals surface area contributed by atoms with Crippen LogP contribution in [-0.4, -0.2) is 0 Å². The molecule has 0 amide bonds. The maximum absolute atomic E-state index is 3.94. The predicted octanol–water partition coefficient (Wildman–Crippen LogP) is 5.15. The van der Waals surface area contributed by atoms with Gasteiger partial charge in [0.1, 0.15) is 0 Å². The van der Waals surface area contributed by atoms with Gasteiger partial charge in [0.05, 0.1) is 0 Å². The summed E-state index contributed by atoms with van der Waals surface area (Å²) >= 11 is 0. The van der Waals surface area contributed by atoms with E-state index in [2.05, 4.69) is 31.9 Å². The van der Waals surface area contributed by atoms with Gasteiger partial charge in [-0.25, -0.2) is 0 Å². The van der Waals surface area contributed by atoms with Gasteiger partial charge in [-0.3, -0.25) is 0 Å². The zero-order valence-corrected chi connectivity index (χ0v) is 11.7. The molecule has 0 aromatic rings. The Bertz CT molecular complexity index is 454. The normalized spacial score (nSPS) is 12.6. The quantitative estimate of drug-likeness (QED) is 0.459. The Kier molecular flexibility index (Phi) is 9.04. The second kappa shape index (κ2) is 10.2. The molecule has 0 spiro atoms. The molecule has 0 saturated carbocycles. The molecule has 0 aromatic heterocycles. The molecule has 0 aliphatic rings. The van der Waals surface area contributed by atoms with Crippen molar-refractivity contribution in [2.75, 3.05) is 0 Å². The van der Waals surface area contributed by atoms with Crippen LogP contribution in [-0.2, 0) is 0 Å². The monoisotopic (exact) mass is 238 g/mol. The number of hydrogen-bond donors (Lipinski definition) is 0. The summed E-state index contributed by atoms with van der Waals surface area (Å²) in [5.41, 5.74) is 3.05. The van der Waals surface area contributed by atoms with E-state index in [9.17, 15) is 0 Å². The molecule has 0 saturated heterocycles. The summed E-state index contributed by atoms with van der Waals surface area (Å²) in [6, 6.07) is 0. The Morgan fingerprint density at radius 1 is 1.06 bits per heavy atom. The van der Waals surface area contributed by atoms with Crippen molar-refractivity contribution >= 4 is 0 Å². The Labute approximate surface area is 112 Å². The SMILES string of the molecule is C=CC=C(C#CC(C=CC(=C)CC)=CC)C=CC. The van der Waals surface area contributed by atoms with E-state index in [1.165, 1.54) is 0 Å². The summed E-state index contributed by atoms with van der Waals surface area (Å²) in [6.07, 6.45) is 14.5. The van der Waals surface area contributed by atoms with Gasteiger partial charge in [0.25, 0.3) is 0 Å². The van der Waals surface area contributed by atoms with Crippen LogP contribution in [0.25, 0.3) is 0 Å². The minimum atomic E-state index is 0.953. The molecule has 0 bridgehead atoms. The Balaban J connectivity index is 4.95. The molecule has 0 heteroatoms. The van der Waals surface area contributed by atoms with E-state index >= 15 is 0 Å². The van der Waals surface area contributed by atoms with Gasteiger partial charge in [-0.2, -0.15) is 0 Å². The molecule has 0 radical (unpaired) electrons. The van der Waals surface area contributed by atoms with Crippen LogP contribution in [0.3, 0.4) is 0 Å². The summed E-state index contributed by atoms with van der Waals surface area (Å²) in [5.74, 6) is 6.25. The van der Waals surface area contributed by atoms with Crippen molar-refractivity contribution in [1.82, 2.24) is 0 Å². The van der Waals surface area contributed by atoms with Crippen molar-refractivity contribution in [1.29, 1.82) is 0 Å². The van der Waals surface area contributed by atoms with Crippen LogP contribution in [0, 0.1) is 11.8 Å². The molecule has 0 N–H and O–H groups in total. The van der Waals surface area contributed by atoms with Gasteiger partial charge >= 0.3 is 0 Å². The Hall–Kier alpha value is -2.00. The van der Waals surface area contributed by atoms with Crippen LogP contribution < -0.4 is 0 Å². The minimum Gasteiger partial charge on any atom is -0.0990 e. The molecule has 0 rings (SSSR count). The summed E-state index contributed by atoms with van der Waals surface area (Å²) in [6.45, 7) is 13.7. The van der Waals surface area contributed by atoms with Gasteiger partial charge in [-0.05, 0) is 32.4 Å². The number of allylic oxidation sites excluding steroid dienone is 10. The van der Waals surface area contributed by atoms with E-state index in [4.69, 9.17) is 0 Å². The fourth-order valence-corrected chi connectivity index (χ4v) is 1.13. The second-order valence-electron chi connectivity index (χ2n) is 3.70. The van der Waals surface area contributed by atoms with E-state index in [0.29, 0.717) is 0 Å². The third kappa shape index (κ3) is 7.30. The average Bonchev–Trinajstić information content (AvgIpc) is 2.38. The van der Waals surface area contributed by atoms with Crippen molar-refractivity contribution in [2.45, 2.75) is 27.2 Å². The third-order valence-electron chi connectivity index (χ3n) is 2.26. The van der Waals surface area contributed by atoms with Crippen LogP contribution in [0.2, 0.25) is 0 Å². The summed E-state index contributed by atoms with van der Waals surface area (Å²) in [7, 11) is 0. The van der Waals surface area contributed by atoms with Gasteiger partial charge < -0.3 is 0 Å². The summed E-state index contributed by atoms with van der Waals surface area (Å²) in [4.78, 5) is 0. The smallest absolute Gasteiger partial charge is 0.0245 e. The van der Waals surface area contributed by atoms with Crippen molar-refractivity contribution in [3.8, 4) is 11.8 Å². The highest BCUT2D eigenvalue weighted by Gasteiger charge is 1.87. The van der Waals surface area contributed by atoms with Gasteiger partial charge in [0, 0.05) is 11.1 Å². The Morgan fingerprint density at radius 3 is 2.22 bits per heavy atom. The zero-order valence-electron chi connectivity index (χ0n) is 11.7. The lowest BCUT2D eigenvalue weighted by Gasteiger charge is -1.92. The van der Waals surface area contributed by atoms with Gasteiger partial charge in [-0.15, -0.1) is 0 Å². The van der Waals surface area contributed by atoms with E-state index < -0.39 is 0 Å². The minimum absolute atomic E-state index is 0.953. The third-order valence-corrected chi connectivity index (χ3v) is 2.26. The van der Waals surface area contributed by atoms with E-state index in [0.717, 1.165) is 23.1 Å². The molecule has 0 unspecified atom stereocenters. The van der Waals surface area contributed by atoms with Crippen LogP contribution in [0.4, 0.5) is 0 Å². The molecule has 94 valence electrons. The van der Waals surface area contributed by atoms with Gasteiger partial charge in [0.2, 0.25) is 0 Å². The van der Waals surface area contributed by atoms with Crippen LogP contribution in [0.1, 0.15) is 27.2 Å². The first-order valence-electron chi connectivity index (χ1n) is 6.17. The maximum atomic E-state index is 3.94. The maximum Gasteiger partial charge on any atom is 0.0245 e. The first-order valence-corrected chi connectivity index (χ1v) is 6.17. The van der Waals surface area contributed by atoms with Crippen molar-refractivity contribution in [3.05, 3.63) is 72.4 Å². The van der Waals surface area contributed by atoms with E-state index in [1.807, 2.05) is 50.3 Å². The molecule has 0 nitrogen and oxygen atoms in total. The largest absolute Gasteiger partial charge is 0.0990 e. The molecular formula is C18H22. The molecule has 0 aromatic carbocycles. The number of rotatable bonds is 5. The first kappa shape index (κ1) is 16.0. The van der Waals surface area contributed by atoms with E-state index in [-0.39, 0.29) is 0 Å². The predicted molar refractivity (Wildman–Crippen MR) is 83.2 cm³/mol. The highest BCUT2D eigenvalue weighted by atomic mass is 13.9. The van der Waals surface area contributed by atoms with Crippen LogP contribution in [0.5, 0.6) is 0 Å². The Morgan fingerprint density at radius 2 is 1.72 bits per heavy atom. The van der Waals surface area contributed by atoms with Crippen molar-refractivity contribution in [2.24, 2.45) is 0 Å². The molecule has 0 atom stereocenters. The van der Waals surface area contributed by atoms with Gasteiger partial charge in [-0.1, -0.05) is 67.9 Å². The molecule has 0 aliphatic heterocycles. The highest BCUT2D eigenvalue weighted by molar-refractivity contribution is 5.48. The molecule has 0 aliphatic carbocycles. The molecule has 0 heterocycles. The van der Waals surface area contributed by atoms with Crippen molar-refractivity contribution < 1.29 is 0 Å². The first-order chi connectivity index (χ1) is 8.67. The summed E-state index contributed by atoms with van der Waals surface area (Å²) < 4.78 is 0.